The molecule has 20 heavy (non-hydrogen) atoms. The minimum Gasteiger partial charge on any atom is -0.296 e. The van der Waals surface area contributed by atoms with Crippen LogP contribution in [0.1, 0.15) is 56.1 Å². The molecule has 2 amide bonds. The molecule has 1 aliphatic heterocycles. The van der Waals surface area contributed by atoms with Crippen LogP contribution in [0.15, 0.2) is 24.3 Å². The lowest BCUT2D eigenvalue weighted by Crippen LogP contribution is -2.46. The van der Waals surface area contributed by atoms with Crippen LogP contribution in [0.2, 0.25) is 0 Å². The molecule has 1 aliphatic carbocycles. The van der Waals surface area contributed by atoms with E-state index in [1.165, 1.54) is 24.0 Å². The molecule has 2 fully saturated rings. The van der Waals surface area contributed by atoms with E-state index in [9.17, 15) is 9.59 Å². The molecule has 0 radical (unpaired) electrons. The molecular weight excluding hydrogens is 250 g/mol. The highest BCUT2D eigenvalue weighted by Gasteiger charge is 2.40. The summed E-state index contributed by atoms with van der Waals surface area (Å²) >= 11 is 0. The van der Waals surface area contributed by atoms with Crippen LogP contribution in [0.4, 0.5) is 0 Å². The van der Waals surface area contributed by atoms with E-state index in [4.69, 9.17) is 0 Å². The van der Waals surface area contributed by atoms with Crippen molar-refractivity contribution < 1.29 is 9.59 Å². The summed E-state index contributed by atoms with van der Waals surface area (Å²) in [6, 6.07) is 8.36. The second-order valence-corrected chi connectivity index (χ2v) is 6.40. The zero-order valence-corrected chi connectivity index (χ0v) is 12.1. The summed E-state index contributed by atoms with van der Waals surface area (Å²) in [7, 11) is 0. The van der Waals surface area contributed by atoms with Gasteiger partial charge in [0, 0.05) is 18.3 Å². The molecule has 0 bridgehead atoms. The van der Waals surface area contributed by atoms with Crippen LogP contribution < -0.4 is 5.32 Å². The van der Waals surface area contributed by atoms with Gasteiger partial charge in [-0.3, -0.25) is 14.9 Å². The van der Waals surface area contributed by atoms with Crippen LogP contribution in [0.3, 0.4) is 0 Å². The molecule has 2 atom stereocenters. The Balaban J connectivity index is 2.01. The van der Waals surface area contributed by atoms with Crippen molar-refractivity contribution in [2.24, 2.45) is 11.8 Å². The minimum atomic E-state index is -0.137. The number of piperidine rings is 1. The Morgan fingerprint density at radius 3 is 2.35 bits per heavy atom. The molecule has 3 rings (SSSR count). The molecule has 2 unspecified atom stereocenters. The number of benzene rings is 1. The number of rotatable bonds is 3. The number of amides is 2. The molecule has 1 heterocycles. The molecule has 0 aromatic heterocycles. The Bertz CT molecular complexity index is 546. The van der Waals surface area contributed by atoms with Gasteiger partial charge < -0.3 is 0 Å². The highest BCUT2D eigenvalue weighted by atomic mass is 16.2. The van der Waals surface area contributed by atoms with Crippen LogP contribution in [0.5, 0.6) is 0 Å². The van der Waals surface area contributed by atoms with Crippen molar-refractivity contribution in [2.75, 3.05) is 0 Å². The second-order valence-electron chi connectivity index (χ2n) is 6.40. The lowest BCUT2D eigenvalue weighted by molar-refractivity contribution is -0.138. The van der Waals surface area contributed by atoms with Crippen LogP contribution in [0.25, 0.3) is 0 Å². The number of nitrogens with one attached hydrogen (secondary N) is 1. The van der Waals surface area contributed by atoms with Gasteiger partial charge in [0.25, 0.3) is 0 Å². The molecule has 1 aromatic carbocycles. The third-order valence-corrected chi connectivity index (χ3v) is 4.54. The van der Waals surface area contributed by atoms with Crippen molar-refractivity contribution in [1.29, 1.82) is 0 Å². The molecule has 2 aliphatic rings. The van der Waals surface area contributed by atoms with Gasteiger partial charge in [-0.15, -0.1) is 0 Å². The summed E-state index contributed by atoms with van der Waals surface area (Å²) in [6.45, 7) is 4.12. The number of carbonyl (C=O) groups is 2. The average Bonchev–Trinajstić information content (AvgIpc) is 3.21. The predicted octanol–water partition coefficient (Wildman–Crippen LogP) is 2.97. The van der Waals surface area contributed by atoms with E-state index < -0.39 is 0 Å². The molecule has 106 valence electrons. The fourth-order valence-electron chi connectivity index (χ4n) is 3.47. The molecule has 3 heteroatoms. The van der Waals surface area contributed by atoms with Gasteiger partial charge in [0.05, 0.1) is 0 Å². The van der Waals surface area contributed by atoms with Crippen molar-refractivity contribution in [1.82, 2.24) is 5.32 Å². The van der Waals surface area contributed by atoms with Gasteiger partial charge in [0.2, 0.25) is 11.8 Å². The molecule has 1 saturated heterocycles. The van der Waals surface area contributed by atoms with E-state index in [0.29, 0.717) is 12.3 Å². The van der Waals surface area contributed by atoms with Crippen LogP contribution in [-0.4, -0.2) is 11.8 Å². The van der Waals surface area contributed by atoms with Gasteiger partial charge in [0.1, 0.15) is 0 Å². The monoisotopic (exact) mass is 271 g/mol. The molecule has 1 saturated carbocycles. The molecule has 0 spiro atoms. The average molecular weight is 271 g/mol. The highest BCUT2D eigenvalue weighted by molar-refractivity contribution is 6.00. The predicted molar refractivity (Wildman–Crippen MR) is 77.3 cm³/mol. The summed E-state index contributed by atoms with van der Waals surface area (Å²) in [5.74, 6) is 0.564. The number of carbonyl (C=O) groups excluding carboxylic acids is 2. The molecular formula is C17H21NO2. The first kappa shape index (κ1) is 13.3. The van der Waals surface area contributed by atoms with Crippen molar-refractivity contribution in [3.05, 3.63) is 35.4 Å². The Labute approximate surface area is 119 Å². The van der Waals surface area contributed by atoms with Gasteiger partial charge in [-0.2, -0.15) is 0 Å². The third-order valence-electron chi connectivity index (χ3n) is 4.54. The van der Waals surface area contributed by atoms with Gasteiger partial charge >= 0.3 is 0 Å². The summed E-state index contributed by atoms with van der Waals surface area (Å²) in [5.41, 5.74) is 2.57. The van der Waals surface area contributed by atoms with E-state index in [0.717, 1.165) is 0 Å². The normalized spacial score (nSPS) is 26.8. The van der Waals surface area contributed by atoms with Gasteiger partial charge in [-0.1, -0.05) is 38.1 Å². The fourth-order valence-corrected chi connectivity index (χ4v) is 3.47. The van der Waals surface area contributed by atoms with Gasteiger partial charge in [0.15, 0.2) is 0 Å². The maximum atomic E-state index is 12.2. The Kier molecular flexibility index (Phi) is 3.36. The number of imide groups is 1. The largest absolute Gasteiger partial charge is 0.296 e. The minimum absolute atomic E-state index is 0.0352. The SMILES string of the molecule is CC(C)C1C(=O)NC(=O)CC1c1ccccc1C1CC1. The maximum Gasteiger partial charge on any atom is 0.230 e. The Hall–Kier alpha value is -1.64. The summed E-state index contributed by atoms with van der Waals surface area (Å²) < 4.78 is 0. The standard InChI is InChI=1S/C17H21NO2/c1-10(2)16-14(9-15(19)18-17(16)20)13-6-4-3-5-12(13)11-7-8-11/h3-6,10-11,14,16H,7-9H2,1-2H3,(H,18,19,20). The quantitative estimate of drug-likeness (QED) is 0.859. The fraction of sp³-hybridized carbons (Fsp3) is 0.529. The van der Waals surface area contributed by atoms with Gasteiger partial charge in [-0.25, -0.2) is 0 Å². The smallest absolute Gasteiger partial charge is 0.230 e. The van der Waals surface area contributed by atoms with E-state index in [1.54, 1.807) is 0 Å². The lowest BCUT2D eigenvalue weighted by Gasteiger charge is -2.34. The Morgan fingerprint density at radius 1 is 1.10 bits per heavy atom. The van der Waals surface area contributed by atoms with Crippen molar-refractivity contribution in [3.8, 4) is 0 Å². The van der Waals surface area contributed by atoms with E-state index in [1.807, 2.05) is 6.07 Å². The second kappa shape index (κ2) is 5.04. The van der Waals surface area contributed by atoms with Crippen molar-refractivity contribution >= 4 is 11.8 Å². The summed E-state index contributed by atoms with van der Waals surface area (Å²) in [6.07, 6.45) is 2.89. The van der Waals surface area contributed by atoms with Crippen LogP contribution in [0, 0.1) is 11.8 Å². The number of hydrogen-bond acceptors (Lipinski definition) is 2. The molecule has 1 aromatic rings. The zero-order valence-electron chi connectivity index (χ0n) is 12.1. The first-order valence-corrected chi connectivity index (χ1v) is 7.50. The van der Waals surface area contributed by atoms with Crippen LogP contribution in [-0.2, 0) is 9.59 Å². The number of hydrogen-bond donors (Lipinski definition) is 1. The van der Waals surface area contributed by atoms with E-state index >= 15 is 0 Å². The molecule has 3 nitrogen and oxygen atoms in total. The van der Waals surface area contributed by atoms with E-state index in [2.05, 4.69) is 37.4 Å². The van der Waals surface area contributed by atoms with Crippen LogP contribution >= 0.6 is 0 Å². The lowest BCUT2D eigenvalue weighted by atomic mass is 9.73. The Morgan fingerprint density at radius 2 is 1.75 bits per heavy atom. The molecule has 1 N–H and O–H groups in total. The first-order valence-electron chi connectivity index (χ1n) is 7.50. The van der Waals surface area contributed by atoms with E-state index in [-0.39, 0.29) is 29.6 Å². The zero-order chi connectivity index (χ0) is 14.3. The topological polar surface area (TPSA) is 46.2 Å². The highest BCUT2D eigenvalue weighted by Crippen LogP contribution is 2.46. The van der Waals surface area contributed by atoms with Crippen molar-refractivity contribution in [2.45, 2.75) is 44.9 Å². The maximum absolute atomic E-state index is 12.2. The summed E-state index contributed by atoms with van der Waals surface area (Å²) in [4.78, 5) is 24.0. The van der Waals surface area contributed by atoms with Gasteiger partial charge in [-0.05, 0) is 35.8 Å². The first-order chi connectivity index (χ1) is 9.58. The van der Waals surface area contributed by atoms with Crippen molar-refractivity contribution in [3.63, 3.8) is 0 Å². The summed E-state index contributed by atoms with van der Waals surface area (Å²) in [5, 5.41) is 2.50. The third kappa shape index (κ3) is 2.37.